The van der Waals surface area contributed by atoms with Crippen LogP contribution in [0.1, 0.15) is 82.4 Å². The highest BCUT2D eigenvalue weighted by Crippen LogP contribution is 2.47. The van der Waals surface area contributed by atoms with Crippen molar-refractivity contribution < 1.29 is 18.0 Å². The van der Waals surface area contributed by atoms with Crippen LogP contribution >= 0.6 is 0 Å². The molecule has 0 unspecified atom stereocenters. The molecule has 0 aromatic carbocycles. The molecule has 1 saturated heterocycles. The maximum atomic E-state index is 7.33. The molecule has 1 aliphatic heterocycles. The Morgan fingerprint density at radius 3 is 1.76 bits per heavy atom. The van der Waals surface area contributed by atoms with Crippen LogP contribution in [0, 0.1) is 0 Å². The normalized spacial score (nSPS) is 22.4. The van der Waals surface area contributed by atoms with Gasteiger partial charge in [0.1, 0.15) is 18.3 Å². The largest absolute Gasteiger partial charge is 0.414 e. The average molecular weight is 681 g/mol. The molecule has 2 aromatic heterocycles. The molecule has 10 nitrogen and oxygen atoms in total. The van der Waals surface area contributed by atoms with Gasteiger partial charge in [0.15, 0.2) is 48.2 Å². The van der Waals surface area contributed by atoms with Gasteiger partial charge < -0.3 is 28.6 Å². The van der Waals surface area contributed by atoms with Crippen molar-refractivity contribution in [3.63, 3.8) is 0 Å². The molecule has 258 valence electrons. The van der Waals surface area contributed by atoms with E-state index in [0.717, 1.165) is 18.9 Å². The van der Waals surface area contributed by atoms with Crippen LogP contribution in [0.4, 0.5) is 11.8 Å². The predicted octanol–water partition coefficient (Wildman–Crippen LogP) is 7.95. The van der Waals surface area contributed by atoms with Gasteiger partial charge in [-0.1, -0.05) is 62.3 Å². The maximum absolute atomic E-state index is 7.33. The molecular formula is C32H64N6O4Si3. The Bertz CT molecular complexity index is 1310. The Morgan fingerprint density at radius 1 is 0.800 bits per heavy atom. The third-order valence-corrected chi connectivity index (χ3v) is 24.4. The van der Waals surface area contributed by atoms with Crippen molar-refractivity contribution in [2.24, 2.45) is 0 Å². The Hall–Kier alpha value is -1.36. The molecule has 3 rings (SSSR count). The van der Waals surface area contributed by atoms with E-state index in [1.54, 1.807) is 6.33 Å². The third-order valence-electron chi connectivity index (χ3n) is 10.9. The molecule has 0 aliphatic carbocycles. The summed E-state index contributed by atoms with van der Waals surface area (Å²) in [5.74, 6) is 0.936. The fourth-order valence-corrected chi connectivity index (χ4v) is 8.34. The van der Waals surface area contributed by atoms with Gasteiger partial charge >= 0.3 is 0 Å². The summed E-state index contributed by atoms with van der Waals surface area (Å²) < 4.78 is 30.5. The lowest BCUT2D eigenvalue weighted by Crippen LogP contribution is -2.54. The van der Waals surface area contributed by atoms with Gasteiger partial charge in [0.25, 0.3) is 0 Å². The predicted molar refractivity (Wildman–Crippen MR) is 194 cm³/mol. The van der Waals surface area contributed by atoms with Gasteiger partial charge in [0, 0.05) is 13.1 Å². The summed E-state index contributed by atoms with van der Waals surface area (Å²) in [6, 6.07) is 0. The molecule has 2 N–H and O–H groups in total. The first kappa shape index (κ1) is 38.1. The second-order valence-corrected chi connectivity index (χ2v) is 31.5. The topological polar surface area (TPSA) is 110 Å². The SMILES string of the molecule is CCN(CC)c1nc(N)nc2c1ncn2[C@@H]1O[C@H](CO[Si](C)(C)C(C)(C)C)[C@@H](O[Si](C)(C)C(C)(C)C)[C@H]1O[Si](C)(C)C(C)(C)C. The summed E-state index contributed by atoms with van der Waals surface area (Å²) in [6.07, 6.45) is 0.184. The number of aromatic nitrogens is 4. The van der Waals surface area contributed by atoms with E-state index < -0.39 is 37.3 Å². The van der Waals surface area contributed by atoms with Gasteiger partial charge in [-0.15, -0.1) is 0 Å². The van der Waals surface area contributed by atoms with Gasteiger partial charge in [-0.25, -0.2) is 4.98 Å². The summed E-state index contributed by atoms with van der Waals surface area (Å²) in [7, 11) is -6.65. The van der Waals surface area contributed by atoms with Crippen molar-refractivity contribution >= 4 is 47.9 Å². The molecule has 0 spiro atoms. The Balaban J connectivity index is 2.24. The molecule has 1 fully saturated rings. The van der Waals surface area contributed by atoms with Crippen molar-refractivity contribution in [3.8, 4) is 0 Å². The van der Waals surface area contributed by atoms with Crippen LogP contribution in [0.15, 0.2) is 6.33 Å². The summed E-state index contributed by atoms with van der Waals surface area (Å²) in [6.45, 7) is 40.3. The fraction of sp³-hybridized carbons (Fsp3) is 0.844. The number of hydrogen-bond acceptors (Lipinski definition) is 9. The number of nitrogen functional groups attached to an aromatic ring is 1. The van der Waals surface area contributed by atoms with Gasteiger partial charge in [-0.05, 0) is 68.2 Å². The van der Waals surface area contributed by atoms with Crippen LogP contribution in [0.5, 0.6) is 0 Å². The first-order chi connectivity index (χ1) is 20.3. The van der Waals surface area contributed by atoms with E-state index in [2.05, 4.69) is 125 Å². The highest BCUT2D eigenvalue weighted by Gasteiger charge is 2.55. The molecule has 13 heteroatoms. The molecule has 45 heavy (non-hydrogen) atoms. The Morgan fingerprint density at radius 2 is 1.29 bits per heavy atom. The molecule has 0 saturated carbocycles. The van der Waals surface area contributed by atoms with E-state index in [9.17, 15) is 0 Å². The fourth-order valence-electron chi connectivity index (χ4n) is 4.72. The number of hydrogen-bond donors (Lipinski definition) is 1. The molecule has 0 amide bonds. The van der Waals surface area contributed by atoms with Gasteiger partial charge in [-0.2, -0.15) is 9.97 Å². The molecule has 3 heterocycles. The van der Waals surface area contributed by atoms with E-state index in [1.165, 1.54) is 0 Å². The van der Waals surface area contributed by atoms with Crippen molar-refractivity contribution in [2.45, 2.75) is 155 Å². The van der Waals surface area contributed by atoms with Crippen LogP contribution in [0.25, 0.3) is 11.2 Å². The number of nitrogens with zero attached hydrogens (tertiary/aromatic N) is 5. The van der Waals surface area contributed by atoms with Gasteiger partial charge in [0.2, 0.25) is 5.95 Å². The minimum atomic E-state index is -2.30. The van der Waals surface area contributed by atoms with E-state index in [4.69, 9.17) is 33.7 Å². The van der Waals surface area contributed by atoms with Crippen molar-refractivity contribution in [3.05, 3.63) is 6.33 Å². The Kier molecular flexibility index (Phi) is 10.9. The number of ether oxygens (including phenoxy) is 1. The van der Waals surface area contributed by atoms with Gasteiger partial charge in [0.05, 0.1) is 12.9 Å². The summed E-state index contributed by atoms with van der Waals surface area (Å²) in [5, 5.41) is 0.0431. The van der Waals surface area contributed by atoms with Crippen LogP contribution in [0.3, 0.4) is 0 Å². The lowest BCUT2D eigenvalue weighted by molar-refractivity contribution is -0.0470. The highest BCUT2D eigenvalue weighted by molar-refractivity contribution is 6.75. The zero-order chi connectivity index (χ0) is 34.6. The highest BCUT2D eigenvalue weighted by atomic mass is 28.4. The standard InChI is InChI=1S/C32H64N6O4Si3/c1-18-37(19-2)26-23-27(36-29(33)35-26)38(21-34-23)28-25(42-45(16,17)32(9,10)11)24(41-44(14,15)31(6,7)8)22(40-28)20-39-43(12,13)30(3,4)5/h21-22,24-25,28H,18-20H2,1-17H3,(H2,33,35,36)/t22-,24-,25-,28-/m1/s1. The third kappa shape index (κ3) is 7.86. The quantitative estimate of drug-likeness (QED) is 0.236. The first-order valence-electron chi connectivity index (χ1n) is 16.7. The van der Waals surface area contributed by atoms with E-state index in [0.29, 0.717) is 17.8 Å². The second-order valence-electron chi connectivity index (χ2n) is 17.2. The van der Waals surface area contributed by atoms with Crippen molar-refractivity contribution in [1.29, 1.82) is 0 Å². The zero-order valence-corrected chi connectivity index (χ0v) is 34.5. The molecular weight excluding hydrogens is 617 g/mol. The van der Waals surface area contributed by atoms with E-state index >= 15 is 0 Å². The number of imidazole rings is 1. The molecule has 0 radical (unpaired) electrons. The second kappa shape index (κ2) is 12.9. The summed E-state index contributed by atoms with van der Waals surface area (Å²) in [4.78, 5) is 16.3. The minimum absolute atomic E-state index is 0.000505. The molecule has 1 aliphatic rings. The van der Waals surface area contributed by atoms with Gasteiger partial charge in [-0.3, -0.25) is 4.57 Å². The average Bonchev–Trinajstić information content (AvgIpc) is 3.42. The number of nitrogens with two attached hydrogens (primary N) is 1. The lowest BCUT2D eigenvalue weighted by Gasteiger charge is -2.44. The molecule has 0 bridgehead atoms. The number of anilines is 2. The first-order valence-corrected chi connectivity index (χ1v) is 25.4. The molecule has 2 aromatic rings. The Labute approximate surface area is 276 Å². The smallest absolute Gasteiger partial charge is 0.224 e. The summed E-state index contributed by atoms with van der Waals surface area (Å²) in [5.41, 5.74) is 7.66. The van der Waals surface area contributed by atoms with Crippen molar-refractivity contribution in [1.82, 2.24) is 19.5 Å². The monoisotopic (exact) mass is 680 g/mol. The summed E-state index contributed by atoms with van der Waals surface area (Å²) >= 11 is 0. The van der Waals surface area contributed by atoms with E-state index in [-0.39, 0.29) is 33.3 Å². The minimum Gasteiger partial charge on any atom is -0.414 e. The van der Waals surface area contributed by atoms with Crippen LogP contribution in [-0.4, -0.2) is 82.5 Å². The number of fused-ring (bicyclic) bond motifs is 1. The van der Waals surface area contributed by atoms with Crippen LogP contribution in [0.2, 0.25) is 54.4 Å². The lowest BCUT2D eigenvalue weighted by atomic mass is 10.1. The number of rotatable bonds is 11. The van der Waals surface area contributed by atoms with E-state index in [1.807, 2.05) is 4.57 Å². The van der Waals surface area contributed by atoms with Crippen molar-refractivity contribution in [2.75, 3.05) is 30.3 Å². The molecule has 4 atom stereocenters. The van der Waals surface area contributed by atoms with Crippen LogP contribution < -0.4 is 10.6 Å². The van der Waals surface area contributed by atoms with Crippen LogP contribution in [-0.2, 0) is 18.0 Å². The maximum Gasteiger partial charge on any atom is 0.224 e. The zero-order valence-electron chi connectivity index (χ0n) is 31.5.